The van der Waals surface area contributed by atoms with Gasteiger partial charge in [-0.1, -0.05) is 6.07 Å². The van der Waals surface area contributed by atoms with Crippen molar-refractivity contribution in [3.8, 4) is 0 Å². The van der Waals surface area contributed by atoms with Crippen molar-refractivity contribution in [3.05, 3.63) is 34.9 Å². The standard InChI is InChI=1S/C9H9F2NO/c1-5-2-3-6(10)8(9(5)11)7(13)4-12/h2-3H,4,12H2,1H3. The quantitative estimate of drug-likeness (QED) is 0.708. The minimum Gasteiger partial charge on any atom is -0.324 e. The third kappa shape index (κ3) is 1.72. The van der Waals surface area contributed by atoms with Crippen molar-refractivity contribution in [1.82, 2.24) is 0 Å². The van der Waals surface area contributed by atoms with Gasteiger partial charge in [0.2, 0.25) is 0 Å². The van der Waals surface area contributed by atoms with Gasteiger partial charge < -0.3 is 5.73 Å². The molecule has 13 heavy (non-hydrogen) atoms. The molecule has 0 bridgehead atoms. The maximum atomic E-state index is 13.2. The first-order valence-electron chi connectivity index (χ1n) is 3.75. The summed E-state index contributed by atoms with van der Waals surface area (Å²) in [5.41, 5.74) is 4.70. The Bertz CT molecular complexity index is 350. The molecule has 0 saturated heterocycles. The molecule has 0 aliphatic heterocycles. The molecule has 0 spiro atoms. The summed E-state index contributed by atoms with van der Waals surface area (Å²) in [4.78, 5) is 11.0. The number of carbonyl (C=O) groups excluding carboxylic acids is 1. The first-order valence-corrected chi connectivity index (χ1v) is 3.75. The average Bonchev–Trinajstić information content (AvgIpc) is 2.12. The summed E-state index contributed by atoms with van der Waals surface area (Å²) in [5, 5.41) is 0. The fourth-order valence-corrected chi connectivity index (χ4v) is 1.01. The van der Waals surface area contributed by atoms with Crippen LogP contribution in [-0.2, 0) is 0 Å². The zero-order chi connectivity index (χ0) is 10.0. The average molecular weight is 185 g/mol. The van der Waals surface area contributed by atoms with Gasteiger partial charge in [0, 0.05) is 0 Å². The van der Waals surface area contributed by atoms with E-state index < -0.39 is 29.5 Å². The Labute approximate surface area is 74.4 Å². The van der Waals surface area contributed by atoms with Crippen LogP contribution in [0.4, 0.5) is 8.78 Å². The predicted octanol–water partition coefficient (Wildman–Crippen LogP) is 1.41. The highest BCUT2D eigenvalue weighted by molar-refractivity contribution is 5.98. The molecule has 0 aromatic heterocycles. The Balaban J connectivity index is 3.33. The minimum absolute atomic E-state index is 0.234. The summed E-state index contributed by atoms with van der Waals surface area (Å²) in [6, 6.07) is 2.33. The lowest BCUT2D eigenvalue weighted by molar-refractivity contribution is 0.0993. The highest BCUT2D eigenvalue weighted by Crippen LogP contribution is 2.16. The number of aryl methyl sites for hydroxylation is 1. The summed E-state index contributed by atoms with van der Waals surface area (Å²) in [6.07, 6.45) is 0. The molecule has 0 atom stereocenters. The number of Topliss-reactive ketones (excluding diaryl/α,β-unsaturated/α-hetero) is 1. The lowest BCUT2D eigenvalue weighted by atomic mass is 10.1. The van der Waals surface area contributed by atoms with Crippen molar-refractivity contribution in [2.75, 3.05) is 6.54 Å². The van der Waals surface area contributed by atoms with Crippen LogP contribution in [0, 0.1) is 18.6 Å². The second kappa shape index (κ2) is 3.62. The van der Waals surface area contributed by atoms with Crippen LogP contribution in [0.3, 0.4) is 0 Å². The summed E-state index contributed by atoms with van der Waals surface area (Å²) >= 11 is 0. The van der Waals surface area contributed by atoms with Gasteiger partial charge in [0.1, 0.15) is 11.6 Å². The van der Waals surface area contributed by atoms with Gasteiger partial charge in [-0.25, -0.2) is 8.78 Å². The third-order valence-electron chi connectivity index (χ3n) is 1.75. The van der Waals surface area contributed by atoms with Crippen LogP contribution in [0.25, 0.3) is 0 Å². The van der Waals surface area contributed by atoms with E-state index in [9.17, 15) is 13.6 Å². The largest absolute Gasteiger partial charge is 0.324 e. The maximum absolute atomic E-state index is 13.2. The molecular formula is C9H9F2NO. The normalized spacial score (nSPS) is 10.2. The van der Waals surface area contributed by atoms with E-state index in [-0.39, 0.29) is 5.56 Å². The van der Waals surface area contributed by atoms with E-state index in [2.05, 4.69) is 0 Å². The molecule has 0 heterocycles. The number of carbonyl (C=O) groups is 1. The highest BCUT2D eigenvalue weighted by atomic mass is 19.1. The van der Waals surface area contributed by atoms with Gasteiger partial charge in [-0.15, -0.1) is 0 Å². The Hall–Kier alpha value is -1.29. The number of benzene rings is 1. The van der Waals surface area contributed by atoms with Gasteiger partial charge in [0.05, 0.1) is 12.1 Å². The Morgan fingerprint density at radius 1 is 1.46 bits per heavy atom. The molecule has 1 aromatic rings. The number of nitrogens with two attached hydrogens (primary N) is 1. The summed E-state index contributed by atoms with van der Waals surface area (Å²) in [7, 11) is 0. The highest BCUT2D eigenvalue weighted by Gasteiger charge is 2.17. The van der Waals surface area contributed by atoms with E-state index in [1.807, 2.05) is 0 Å². The first-order chi connectivity index (χ1) is 6.07. The van der Waals surface area contributed by atoms with Crippen molar-refractivity contribution < 1.29 is 13.6 Å². The zero-order valence-corrected chi connectivity index (χ0v) is 7.10. The fourth-order valence-electron chi connectivity index (χ4n) is 1.01. The van der Waals surface area contributed by atoms with Gasteiger partial charge in [-0.05, 0) is 18.6 Å². The van der Waals surface area contributed by atoms with Crippen LogP contribution in [0.5, 0.6) is 0 Å². The van der Waals surface area contributed by atoms with Gasteiger partial charge in [-0.2, -0.15) is 0 Å². The van der Waals surface area contributed by atoms with Gasteiger partial charge in [0.15, 0.2) is 5.78 Å². The predicted molar refractivity (Wildman–Crippen MR) is 44.5 cm³/mol. The number of hydrogen-bond acceptors (Lipinski definition) is 2. The van der Waals surface area contributed by atoms with Crippen LogP contribution < -0.4 is 5.73 Å². The molecule has 2 N–H and O–H groups in total. The molecule has 0 radical (unpaired) electrons. The van der Waals surface area contributed by atoms with Crippen LogP contribution in [0.1, 0.15) is 15.9 Å². The molecule has 0 aliphatic carbocycles. The molecule has 1 rings (SSSR count). The van der Waals surface area contributed by atoms with Crippen LogP contribution in [0.2, 0.25) is 0 Å². The van der Waals surface area contributed by atoms with Crippen molar-refractivity contribution in [2.45, 2.75) is 6.92 Å². The van der Waals surface area contributed by atoms with E-state index in [1.54, 1.807) is 0 Å². The minimum atomic E-state index is -0.862. The molecule has 0 aliphatic rings. The van der Waals surface area contributed by atoms with Crippen LogP contribution in [0.15, 0.2) is 12.1 Å². The monoisotopic (exact) mass is 185 g/mol. The summed E-state index contributed by atoms with van der Waals surface area (Å²) in [6.45, 7) is 1.07. The topological polar surface area (TPSA) is 43.1 Å². The molecule has 0 unspecified atom stereocenters. The molecule has 1 aromatic carbocycles. The lowest BCUT2D eigenvalue weighted by Gasteiger charge is -2.04. The number of halogens is 2. The van der Waals surface area contributed by atoms with E-state index in [4.69, 9.17) is 5.73 Å². The second-order valence-electron chi connectivity index (χ2n) is 2.68. The zero-order valence-electron chi connectivity index (χ0n) is 7.10. The number of hydrogen-bond donors (Lipinski definition) is 1. The van der Waals surface area contributed by atoms with E-state index >= 15 is 0 Å². The smallest absolute Gasteiger partial charge is 0.182 e. The molecular weight excluding hydrogens is 176 g/mol. The molecule has 70 valence electrons. The van der Waals surface area contributed by atoms with Crippen LogP contribution >= 0.6 is 0 Å². The molecule has 2 nitrogen and oxygen atoms in total. The van der Waals surface area contributed by atoms with Crippen molar-refractivity contribution in [2.24, 2.45) is 5.73 Å². The fraction of sp³-hybridized carbons (Fsp3) is 0.222. The lowest BCUT2D eigenvalue weighted by Crippen LogP contribution is -2.17. The van der Waals surface area contributed by atoms with Crippen molar-refractivity contribution in [1.29, 1.82) is 0 Å². The Morgan fingerprint density at radius 2 is 2.08 bits per heavy atom. The third-order valence-corrected chi connectivity index (χ3v) is 1.75. The van der Waals surface area contributed by atoms with E-state index in [0.29, 0.717) is 0 Å². The Kier molecular flexibility index (Phi) is 2.72. The van der Waals surface area contributed by atoms with Crippen molar-refractivity contribution in [3.63, 3.8) is 0 Å². The first kappa shape index (κ1) is 9.80. The molecule has 0 amide bonds. The van der Waals surface area contributed by atoms with Crippen molar-refractivity contribution >= 4 is 5.78 Å². The number of ketones is 1. The second-order valence-corrected chi connectivity index (χ2v) is 2.68. The van der Waals surface area contributed by atoms with Gasteiger partial charge in [0.25, 0.3) is 0 Å². The van der Waals surface area contributed by atoms with E-state index in [1.165, 1.54) is 13.0 Å². The molecule has 0 saturated carbocycles. The maximum Gasteiger partial charge on any atom is 0.182 e. The van der Waals surface area contributed by atoms with Gasteiger partial charge >= 0.3 is 0 Å². The summed E-state index contributed by atoms with van der Waals surface area (Å²) < 4.78 is 26.1. The number of rotatable bonds is 2. The Morgan fingerprint density at radius 3 is 2.62 bits per heavy atom. The van der Waals surface area contributed by atoms with Gasteiger partial charge in [-0.3, -0.25) is 4.79 Å². The van der Waals surface area contributed by atoms with Crippen LogP contribution in [-0.4, -0.2) is 12.3 Å². The molecule has 0 fully saturated rings. The summed E-state index contributed by atoms with van der Waals surface area (Å²) in [5.74, 6) is -2.41. The van der Waals surface area contributed by atoms with E-state index in [0.717, 1.165) is 6.07 Å². The molecule has 4 heteroatoms. The SMILES string of the molecule is Cc1ccc(F)c(C(=O)CN)c1F.